The van der Waals surface area contributed by atoms with Crippen LogP contribution in [0.4, 0.5) is 0 Å². The van der Waals surface area contributed by atoms with Crippen LogP contribution in [0.5, 0.6) is 0 Å². The Morgan fingerprint density at radius 3 is 2.30 bits per heavy atom. The maximum Gasteiger partial charge on any atom is 0.0356 e. The normalized spacial score (nSPS) is 13.9. The first-order valence-corrected chi connectivity index (χ1v) is 3.01. The van der Waals surface area contributed by atoms with Crippen LogP contribution >= 0.6 is 24.8 Å². The summed E-state index contributed by atoms with van der Waals surface area (Å²) in [5.41, 5.74) is 0. The Morgan fingerprint density at radius 1 is 1.30 bits per heavy atom. The molecule has 1 heterocycles. The highest BCUT2D eigenvalue weighted by Crippen LogP contribution is 1.95. The third-order valence-corrected chi connectivity index (χ3v) is 1.29. The van der Waals surface area contributed by atoms with E-state index in [4.69, 9.17) is 0 Å². The van der Waals surface area contributed by atoms with Crippen LogP contribution in [0.15, 0.2) is 24.4 Å². The molecule has 10 heavy (non-hydrogen) atoms. The molecule has 0 atom stereocenters. The van der Waals surface area contributed by atoms with E-state index in [1.165, 1.54) is 0 Å². The zero-order valence-corrected chi connectivity index (χ0v) is 7.62. The highest BCUT2D eigenvalue weighted by atomic mass is 35.5. The first-order chi connectivity index (χ1) is 3.93. The molecule has 0 unspecified atom stereocenters. The predicted octanol–water partition coefficient (Wildman–Crippen LogP) is 2.24. The van der Waals surface area contributed by atoms with Gasteiger partial charge in [0.2, 0.25) is 0 Å². The molecule has 0 aliphatic carbocycles. The molecule has 1 rings (SSSR count). The van der Waals surface area contributed by atoms with Crippen molar-refractivity contribution >= 4 is 24.8 Å². The fourth-order valence-electron chi connectivity index (χ4n) is 0.742. The first-order valence-electron chi connectivity index (χ1n) is 3.01. The molecule has 0 aromatic carbocycles. The number of halogens is 2. The summed E-state index contributed by atoms with van der Waals surface area (Å²) < 4.78 is 0. The van der Waals surface area contributed by atoms with Crippen LogP contribution in [0.25, 0.3) is 0 Å². The van der Waals surface area contributed by atoms with E-state index in [2.05, 4.69) is 36.3 Å². The molecule has 0 fully saturated rings. The summed E-state index contributed by atoms with van der Waals surface area (Å²) in [5, 5.41) is 0. The fourth-order valence-corrected chi connectivity index (χ4v) is 0.742. The Morgan fingerprint density at radius 2 is 2.00 bits per heavy atom. The maximum absolute atomic E-state index is 2.25. The molecule has 0 bridgehead atoms. The Kier molecular flexibility index (Phi) is 8.74. The monoisotopic (exact) mass is 181 g/mol. The summed E-state index contributed by atoms with van der Waals surface area (Å²) in [7, 11) is 0. The highest BCUT2D eigenvalue weighted by molar-refractivity contribution is 5.85. The van der Waals surface area contributed by atoms with Gasteiger partial charge in [-0.3, -0.25) is 0 Å². The molecule has 60 valence electrons. The average molecular weight is 182 g/mol. The van der Waals surface area contributed by atoms with E-state index < -0.39 is 0 Å². The van der Waals surface area contributed by atoms with Crippen molar-refractivity contribution in [3.8, 4) is 0 Å². The zero-order chi connectivity index (χ0) is 5.82. The average Bonchev–Trinajstić information content (AvgIpc) is 1.90. The van der Waals surface area contributed by atoms with Crippen molar-refractivity contribution in [2.75, 3.05) is 13.1 Å². The second-order valence-electron chi connectivity index (χ2n) is 1.86. The molecule has 0 aromatic rings. The summed E-state index contributed by atoms with van der Waals surface area (Å²) in [4.78, 5) is 2.25. The molecule has 1 nitrogen and oxygen atoms in total. The lowest BCUT2D eigenvalue weighted by atomic mass is 10.3. The van der Waals surface area contributed by atoms with Crippen molar-refractivity contribution < 1.29 is 0 Å². The second kappa shape index (κ2) is 6.97. The Bertz CT molecular complexity index is 121. The smallest absolute Gasteiger partial charge is 0.0356 e. The van der Waals surface area contributed by atoms with E-state index in [1.807, 2.05) is 0 Å². The summed E-state index contributed by atoms with van der Waals surface area (Å²) in [6.45, 7) is 4.34. The summed E-state index contributed by atoms with van der Waals surface area (Å²) in [6, 6.07) is 0. The summed E-state index contributed by atoms with van der Waals surface area (Å²) in [6.07, 6.45) is 8.41. The van der Waals surface area contributed by atoms with Crippen LogP contribution in [0.3, 0.4) is 0 Å². The number of hydrogen-bond acceptors (Lipinski definition) is 1. The van der Waals surface area contributed by atoms with Crippen LogP contribution in [0.1, 0.15) is 6.92 Å². The number of nitrogens with zero attached hydrogens (tertiary/aromatic N) is 1. The van der Waals surface area contributed by atoms with Crippen molar-refractivity contribution in [3.05, 3.63) is 24.4 Å². The summed E-state index contributed by atoms with van der Waals surface area (Å²) in [5.74, 6) is 0. The SMILES string of the molecule is CCN1C=CC=CC1.Cl.Cl. The van der Waals surface area contributed by atoms with Crippen LogP contribution in [0.2, 0.25) is 0 Å². The number of rotatable bonds is 1. The number of hydrogen-bond donors (Lipinski definition) is 0. The van der Waals surface area contributed by atoms with E-state index in [0.29, 0.717) is 0 Å². The molecule has 0 N–H and O–H groups in total. The van der Waals surface area contributed by atoms with Gasteiger partial charge in [0, 0.05) is 13.1 Å². The van der Waals surface area contributed by atoms with E-state index in [-0.39, 0.29) is 24.8 Å². The van der Waals surface area contributed by atoms with Gasteiger partial charge in [-0.15, -0.1) is 24.8 Å². The minimum Gasteiger partial charge on any atom is -0.374 e. The standard InChI is InChI=1S/C7H11N.2ClH/c1-2-8-6-4-3-5-7-8;;/h3-6H,2,7H2,1H3;2*1H. The minimum atomic E-state index is 0. The van der Waals surface area contributed by atoms with E-state index >= 15 is 0 Å². The Hall–Kier alpha value is -0.140. The molecule has 0 spiro atoms. The van der Waals surface area contributed by atoms with Gasteiger partial charge in [-0.2, -0.15) is 0 Å². The lowest BCUT2D eigenvalue weighted by Crippen LogP contribution is -2.17. The second-order valence-corrected chi connectivity index (χ2v) is 1.86. The van der Waals surface area contributed by atoms with Crippen molar-refractivity contribution in [1.82, 2.24) is 4.90 Å². The van der Waals surface area contributed by atoms with Crippen LogP contribution in [-0.2, 0) is 0 Å². The first kappa shape index (κ1) is 12.5. The molecule has 0 saturated heterocycles. The Labute approximate surface area is 74.6 Å². The van der Waals surface area contributed by atoms with Crippen LogP contribution in [0, 0.1) is 0 Å². The Balaban J connectivity index is 0. The fraction of sp³-hybridized carbons (Fsp3) is 0.429. The largest absolute Gasteiger partial charge is 0.374 e. The zero-order valence-electron chi connectivity index (χ0n) is 5.99. The number of likely N-dealkylation sites (N-methyl/N-ethyl adjacent to an activating group) is 1. The third-order valence-electron chi connectivity index (χ3n) is 1.29. The molecule has 3 heteroatoms. The van der Waals surface area contributed by atoms with Crippen molar-refractivity contribution in [1.29, 1.82) is 0 Å². The molecule has 0 amide bonds. The molecule has 0 saturated carbocycles. The van der Waals surface area contributed by atoms with Crippen molar-refractivity contribution in [3.63, 3.8) is 0 Å². The van der Waals surface area contributed by atoms with Gasteiger partial charge in [0.1, 0.15) is 0 Å². The van der Waals surface area contributed by atoms with Crippen LogP contribution in [-0.4, -0.2) is 18.0 Å². The minimum absolute atomic E-state index is 0. The topological polar surface area (TPSA) is 3.24 Å². The van der Waals surface area contributed by atoms with Gasteiger partial charge in [0.05, 0.1) is 0 Å². The van der Waals surface area contributed by atoms with Gasteiger partial charge in [-0.05, 0) is 19.2 Å². The maximum atomic E-state index is 2.25. The van der Waals surface area contributed by atoms with E-state index in [9.17, 15) is 0 Å². The lowest BCUT2D eigenvalue weighted by Gasteiger charge is -2.16. The molecular formula is C7H13Cl2N. The van der Waals surface area contributed by atoms with E-state index in [0.717, 1.165) is 13.1 Å². The van der Waals surface area contributed by atoms with Gasteiger partial charge in [-0.1, -0.05) is 12.2 Å². The lowest BCUT2D eigenvalue weighted by molar-refractivity contribution is 0.436. The van der Waals surface area contributed by atoms with Crippen molar-refractivity contribution in [2.24, 2.45) is 0 Å². The quantitative estimate of drug-likeness (QED) is 0.601. The van der Waals surface area contributed by atoms with Crippen LogP contribution < -0.4 is 0 Å². The molecule has 1 aliphatic heterocycles. The summed E-state index contributed by atoms with van der Waals surface area (Å²) >= 11 is 0. The predicted molar refractivity (Wildman–Crippen MR) is 50.0 cm³/mol. The third kappa shape index (κ3) is 3.80. The van der Waals surface area contributed by atoms with Crippen molar-refractivity contribution in [2.45, 2.75) is 6.92 Å². The van der Waals surface area contributed by atoms with Gasteiger partial charge in [0.25, 0.3) is 0 Å². The molecule has 1 aliphatic rings. The number of allylic oxidation sites excluding steroid dienone is 2. The molecular weight excluding hydrogens is 169 g/mol. The van der Waals surface area contributed by atoms with Gasteiger partial charge in [-0.25, -0.2) is 0 Å². The van der Waals surface area contributed by atoms with E-state index in [1.54, 1.807) is 0 Å². The molecule has 0 aromatic heterocycles. The van der Waals surface area contributed by atoms with Gasteiger partial charge in [0.15, 0.2) is 0 Å². The van der Waals surface area contributed by atoms with Gasteiger partial charge >= 0.3 is 0 Å². The van der Waals surface area contributed by atoms with Gasteiger partial charge < -0.3 is 4.90 Å². The molecule has 0 radical (unpaired) electrons. The highest BCUT2D eigenvalue weighted by Gasteiger charge is 1.91.